The lowest BCUT2D eigenvalue weighted by Gasteiger charge is -2.53. The maximum absolute atomic E-state index is 11.7. The second-order valence-electron chi connectivity index (χ2n) is 8.00. The van der Waals surface area contributed by atoms with Crippen molar-refractivity contribution in [1.29, 1.82) is 0 Å². The quantitative estimate of drug-likeness (QED) is 0.827. The van der Waals surface area contributed by atoms with E-state index in [1.165, 1.54) is 12.0 Å². The van der Waals surface area contributed by atoms with Gasteiger partial charge >= 0.3 is 0 Å². The Labute approximate surface area is 167 Å². The van der Waals surface area contributed by atoms with Gasteiger partial charge in [-0.05, 0) is 43.5 Å². The smallest absolute Gasteiger partial charge is 0.161 e. The molecule has 2 fully saturated rings. The number of benzene rings is 1. The predicted molar refractivity (Wildman–Crippen MR) is 108 cm³/mol. The average Bonchev–Trinajstić information content (AvgIpc) is 2.71. The van der Waals surface area contributed by atoms with Gasteiger partial charge in [-0.15, -0.1) is 0 Å². The van der Waals surface area contributed by atoms with Gasteiger partial charge in [-0.3, -0.25) is 9.88 Å². The van der Waals surface area contributed by atoms with E-state index < -0.39 is 5.60 Å². The van der Waals surface area contributed by atoms with E-state index in [4.69, 9.17) is 9.47 Å². The van der Waals surface area contributed by atoms with Crippen LogP contribution in [0, 0.1) is 11.8 Å². The van der Waals surface area contributed by atoms with Crippen LogP contribution in [-0.4, -0.2) is 41.8 Å². The van der Waals surface area contributed by atoms with Crippen LogP contribution in [0.2, 0.25) is 0 Å². The summed E-state index contributed by atoms with van der Waals surface area (Å²) in [5.74, 6) is 2.06. The van der Waals surface area contributed by atoms with Gasteiger partial charge < -0.3 is 14.6 Å². The number of rotatable bonds is 6. The number of pyridine rings is 1. The molecule has 2 heterocycles. The largest absolute Gasteiger partial charge is 0.493 e. The Kier molecular flexibility index (Phi) is 5.56. The summed E-state index contributed by atoms with van der Waals surface area (Å²) in [5.41, 5.74) is 1.44. The Bertz CT molecular complexity index is 782. The van der Waals surface area contributed by atoms with Gasteiger partial charge in [0, 0.05) is 49.4 Å². The monoisotopic (exact) mass is 382 g/mol. The molecule has 0 spiro atoms. The number of fused-ring (bicyclic) bond motifs is 2. The molecule has 1 aromatic heterocycles. The van der Waals surface area contributed by atoms with E-state index in [1.54, 1.807) is 13.3 Å². The maximum atomic E-state index is 11.7. The van der Waals surface area contributed by atoms with Crippen LogP contribution < -0.4 is 9.47 Å². The van der Waals surface area contributed by atoms with Gasteiger partial charge in [0.2, 0.25) is 0 Å². The molecule has 4 rings (SSSR count). The molecule has 2 bridgehead atoms. The molecule has 2 aliphatic rings. The first-order chi connectivity index (χ1) is 13.6. The Balaban J connectivity index is 1.52. The maximum Gasteiger partial charge on any atom is 0.161 e. The highest BCUT2D eigenvalue weighted by molar-refractivity contribution is 5.43. The normalized spacial score (nSPS) is 27.4. The van der Waals surface area contributed by atoms with Crippen molar-refractivity contribution in [2.45, 2.75) is 38.3 Å². The zero-order valence-corrected chi connectivity index (χ0v) is 16.8. The highest BCUT2D eigenvalue weighted by Crippen LogP contribution is 2.49. The van der Waals surface area contributed by atoms with Crippen molar-refractivity contribution in [3.63, 3.8) is 0 Å². The van der Waals surface area contributed by atoms with Crippen molar-refractivity contribution in [1.82, 2.24) is 9.88 Å². The molecule has 1 saturated carbocycles. The number of hydrogen-bond acceptors (Lipinski definition) is 5. The number of hydrogen-bond donors (Lipinski definition) is 1. The fourth-order valence-corrected chi connectivity index (χ4v) is 5.09. The molecule has 150 valence electrons. The third kappa shape index (κ3) is 3.49. The summed E-state index contributed by atoms with van der Waals surface area (Å²) in [6.07, 6.45) is 6.94. The second kappa shape index (κ2) is 8.10. The van der Waals surface area contributed by atoms with E-state index in [1.807, 2.05) is 31.3 Å². The molecule has 1 aromatic carbocycles. The van der Waals surface area contributed by atoms with E-state index in [0.29, 0.717) is 6.61 Å². The number of nitrogens with zero attached hydrogens (tertiary/aromatic N) is 2. The Morgan fingerprint density at radius 3 is 2.61 bits per heavy atom. The number of likely N-dealkylation sites (tertiary alicyclic amines) is 1. The lowest BCUT2D eigenvalue weighted by Crippen LogP contribution is -2.57. The molecule has 1 aliphatic carbocycles. The van der Waals surface area contributed by atoms with Crippen LogP contribution in [0.1, 0.15) is 37.3 Å². The molecule has 1 aliphatic heterocycles. The number of piperidine rings is 1. The van der Waals surface area contributed by atoms with E-state index in [9.17, 15) is 5.11 Å². The van der Waals surface area contributed by atoms with Crippen molar-refractivity contribution in [2.75, 3.05) is 26.8 Å². The van der Waals surface area contributed by atoms with Gasteiger partial charge in [0.15, 0.2) is 11.5 Å². The van der Waals surface area contributed by atoms with Crippen LogP contribution in [0.15, 0.2) is 42.7 Å². The lowest BCUT2D eigenvalue weighted by atomic mass is 9.63. The third-order valence-corrected chi connectivity index (χ3v) is 6.37. The highest BCUT2D eigenvalue weighted by atomic mass is 16.5. The Morgan fingerprint density at radius 1 is 1.18 bits per heavy atom. The molecule has 0 unspecified atom stereocenters. The molecular weight excluding hydrogens is 352 g/mol. The van der Waals surface area contributed by atoms with Crippen LogP contribution in [-0.2, 0) is 12.1 Å². The predicted octanol–water partition coefficient (Wildman–Crippen LogP) is 3.61. The minimum Gasteiger partial charge on any atom is -0.493 e. The van der Waals surface area contributed by atoms with E-state index in [2.05, 4.69) is 22.0 Å². The summed E-state index contributed by atoms with van der Waals surface area (Å²) < 4.78 is 11.1. The number of ether oxygens (including phenoxy) is 2. The van der Waals surface area contributed by atoms with Crippen LogP contribution in [0.3, 0.4) is 0 Å². The zero-order valence-electron chi connectivity index (χ0n) is 16.8. The first-order valence-corrected chi connectivity index (χ1v) is 10.3. The van der Waals surface area contributed by atoms with E-state index in [-0.39, 0.29) is 11.8 Å². The van der Waals surface area contributed by atoms with Gasteiger partial charge in [0.25, 0.3) is 0 Å². The number of aliphatic hydroxyl groups is 1. The summed E-state index contributed by atoms with van der Waals surface area (Å²) in [7, 11) is 1.68. The van der Waals surface area contributed by atoms with Gasteiger partial charge in [0.1, 0.15) is 0 Å². The van der Waals surface area contributed by atoms with Gasteiger partial charge in [0.05, 0.1) is 19.3 Å². The molecule has 5 nitrogen and oxygen atoms in total. The van der Waals surface area contributed by atoms with Crippen molar-refractivity contribution in [3.8, 4) is 11.5 Å². The van der Waals surface area contributed by atoms with Crippen LogP contribution in [0.25, 0.3) is 0 Å². The van der Waals surface area contributed by atoms with E-state index in [0.717, 1.165) is 49.5 Å². The van der Waals surface area contributed by atoms with Crippen LogP contribution in [0.5, 0.6) is 11.5 Å². The van der Waals surface area contributed by atoms with Crippen molar-refractivity contribution in [3.05, 3.63) is 53.9 Å². The fourth-order valence-electron chi connectivity index (χ4n) is 5.09. The first-order valence-electron chi connectivity index (χ1n) is 10.3. The van der Waals surface area contributed by atoms with Crippen molar-refractivity contribution in [2.24, 2.45) is 11.8 Å². The van der Waals surface area contributed by atoms with Crippen LogP contribution in [0.4, 0.5) is 0 Å². The molecule has 5 heteroatoms. The van der Waals surface area contributed by atoms with Crippen LogP contribution >= 0.6 is 0 Å². The van der Waals surface area contributed by atoms with E-state index >= 15 is 0 Å². The molecule has 2 atom stereocenters. The molecule has 2 aromatic rings. The number of methoxy groups -OCH3 is 1. The molecule has 0 radical (unpaired) electrons. The molecule has 1 N–H and O–H groups in total. The highest BCUT2D eigenvalue weighted by Gasteiger charge is 2.51. The minimum atomic E-state index is -0.750. The minimum absolute atomic E-state index is 0.244. The molecule has 0 amide bonds. The standard InChI is InChI=1S/C23H30N2O3/c1-3-28-21-10-9-17(12-22(21)27-2)14-25-15-19-6-4-7-20(16-25)23(19,26)18-8-5-11-24-13-18/h5,8-13,19-20,26H,3-4,6-7,14-16H2,1-2H3/t19-,20-/m0/s1. The summed E-state index contributed by atoms with van der Waals surface area (Å²) in [5, 5.41) is 11.7. The SMILES string of the molecule is CCOc1ccc(CN2C[C@@H]3CCC[C@@H](C2)C3(O)c2cccnc2)cc1OC. The summed E-state index contributed by atoms with van der Waals surface area (Å²) >= 11 is 0. The molecule has 1 saturated heterocycles. The Morgan fingerprint density at radius 2 is 1.96 bits per heavy atom. The summed E-state index contributed by atoms with van der Waals surface area (Å²) in [6, 6.07) is 10.1. The van der Waals surface area contributed by atoms with Gasteiger partial charge in [-0.25, -0.2) is 0 Å². The second-order valence-corrected chi connectivity index (χ2v) is 8.00. The molecular formula is C23H30N2O3. The number of aromatic nitrogens is 1. The first kappa shape index (κ1) is 19.2. The Hall–Kier alpha value is -2.11. The lowest BCUT2D eigenvalue weighted by molar-refractivity contribution is -0.148. The van der Waals surface area contributed by atoms with Gasteiger partial charge in [-0.1, -0.05) is 18.6 Å². The third-order valence-electron chi connectivity index (χ3n) is 6.37. The topological polar surface area (TPSA) is 54.8 Å². The summed E-state index contributed by atoms with van der Waals surface area (Å²) in [6.45, 7) is 5.26. The van der Waals surface area contributed by atoms with Gasteiger partial charge in [-0.2, -0.15) is 0 Å². The summed E-state index contributed by atoms with van der Waals surface area (Å²) in [4.78, 5) is 6.74. The van der Waals surface area contributed by atoms with Crippen molar-refractivity contribution >= 4 is 0 Å². The zero-order chi connectivity index (χ0) is 19.6. The van der Waals surface area contributed by atoms with Crippen molar-refractivity contribution < 1.29 is 14.6 Å². The fraction of sp³-hybridized carbons (Fsp3) is 0.522. The molecule has 28 heavy (non-hydrogen) atoms. The average molecular weight is 383 g/mol.